The molecule has 0 aliphatic rings. The molecule has 0 heterocycles. The Labute approximate surface area is 122 Å². The van der Waals surface area contributed by atoms with Crippen molar-refractivity contribution in [2.75, 3.05) is 27.4 Å². The van der Waals surface area contributed by atoms with Crippen LogP contribution in [0.1, 0.15) is 16.8 Å². The lowest BCUT2D eigenvalue weighted by Gasteiger charge is -2.17. The summed E-state index contributed by atoms with van der Waals surface area (Å²) in [6.45, 7) is -0.0748. The SMILES string of the molecule is COc1ccc(OC)c(C(=O)C(CC(=O)O)NCCO)c1. The lowest BCUT2D eigenvalue weighted by Crippen LogP contribution is -2.40. The van der Waals surface area contributed by atoms with Gasteiger partial charge in [-0.15, -0.1) is 0 Å². The van der Waals surface area contributed by atoms with Gasteiger partial charge in [0.25, 0.3) is 0 Å². The third-order valence-corrected chi connectivity index (χ3v) is 2.87. The molecule has 0 radical (unpaired) electrons. The van der Waals surface area contributed by atoms with Gasteiger partial charge < -0.3 is 25.0 Å². The molecule has 3 N–H and O–H groups in total. The molecule has 0 saturated heterocycles. The lowest BCUT2D eigenvalue weighted by molar-refractivity contribution is -0.137. The molecule has 1 rings (SSSR count). The molecule has 1 atom stereocenters. The Hall–Kier alpha value is -2.12. The third kappa shape index (κ3) is 4.73. The second-order valence-corrected chi connectivity index (χ2v) is 4.26. The van der Waals surface area contributed by atoms with E-state index >= 15 is 0 Å². The quantitative estimate of drug-likeness (QED) is 0.563. The summed E-state index contributed by atoms with van der Waals surface area (Å²) in [5.41, 5.74) is 0.230. The monoisotopic (exact) mass is 297 g/mol. The fraction of sp³-hybridized carbons (Fsp3) is 0.429. The molecule has 7 nitrogen and oxygen atoms in total. The fourth-order valence-corrected chi connectivity index (χ4v) is 1.87. The Balaban J connectivity index is 3.08. The topological polar surface area (TPSA) is 105 Å². The Morgan fingerprint density at radius 2 is 2.00 bits per heavy atom. The van der Waals surface area contributed by atoms with Crippen LogP contribution in [0.3, 0.4) is 0 Å². The molecule has 0 aliphatic heterocycles. The largest absolute Gasteiger partial charge is 0.497 e. The van der Waals surface area contributed by atoms with E-state index in [1.54, 1.807) is 12.1 Å². The van der Waals surface area contributed by atoms with Crippen molar-refractivity contribution in [2.45, 2.75) is 12.5 Å². The van der Waals surface area contributed by atoms with Gasteiger partial charge >= 0.3 is 5.97 Å². The van der Waals surface area contributed by atoms with Gasteiger partial charge in [0.15, 0.2) is 5.78 Å². The van der Waals surface area contributed by atoms with Crippen molar-refractivity contribution in [3.8, 4) is 11.5 Å². The van der Waals surface area contributed by atoms with E-state index in [-0.39, 0.29) is 25.1 Å². The second-order valence-electron chi connectivity index (χ2n) is 4.26. The third-order valence-electron chi connectivity index (χ3n) is 2.87. The number of aliphatic hydroxyl groups is 1. The number of hydrogen-bond acceptors (Lipinski definition) is 6. The normalized spacial score (nSPS) is 11.8. The number of benzene rings is 1. The van der Waals surface area contributed by atoms with Crippen molar-refractivity contribution in [1.29, 1.82) is 0 Å². The molecule has 0 amide bonds. The van der Waals surface area contributed by atoms with Crippen molar-refractivity contribution >= 4 is 11.8 Å². The fourth-order valence-electron chi connectivity index (χ4n) is 1.87. The van der Waals surface area contributed by atoms with Gasteiger partial charge in [0.1, 0.15) is 11.5 Å². The molecule has 0 saturated carbocycles. The molecule has 1 aromatic carbocycles. The molecule has 116 valence electrons. The number of rotatable bonds is 9. The van der Waals surface area contributed by atoms with E-state index < -0.39 is 17.8 Å². The van der Waals surface area contributed by atoms with Crippen LogP contribution in [-0.2, 0) is 4.79 Å². The molecular weight excluding hydrogens is 278 g/mol. The van der Waals surface area contributed by atoms with Crippen LogP contribution in [0.5, 0.6) is 11.5 Å². The summed E-state index contributed by atoms with van der Waals surface area (Å²) in [6.07, 6.45) is -0.390. The number of Topliss-reactive ketones (excluding diaryl/α,β-unsaturated/α-hetero) is 1. The first-order chi connectivity index (χ1) is 10.0. The molecule has 0 aliphatic carbocycles. The van der Waals surface area contributed by atoms with Crippen molar-refractivity contribution in [3.63, 3.8) is 0 Å². The molecule has 21 heavy (non-hydrogen) atoms. The molecule has 1 unspecified atom stereocenters. The summed E-state index contributed by atoms with van der Waals surface area (Å²) >= 11 is 0. The number of ketones is 1. The van der Waals surface area contributed by atoms with Gasteiger partial charge in [-0.05, 0) is 18.2 Å². The Morgan fingerprint density at radius 3 is 2.52 bits per heavy atom. The van der Waals surface area contributed by atoms with Crippen molar-refractivity contribution in [2.24, 2.45) is 0 Å². The molecule has 0 aromatic heterocycles. The average molecular weight is 297 g/mol. The van der Waals surface area contributed by atoms with Crippen LogP contribution in [0, 0.1) is 0 Å². The summed E-state index contributed by atoms with van der Waals surface area (Å²) in [4.78, 5) is 23.4. The minimum atomic E-state index is -1.11. The predicted molar refractivity (Wildman–Crippen MR) is 75.0 cm³/mol. The first-order valence-corrected chi connectivity index (χ1v) is 6.35. The van der Waals surface area contributed by atoms with Crippen molar-refractivity contribution in [1.82, 2.24) is 5.32 Å². The van der Waals surface area contributed by atoms with Gasteiger partial charge in [0, 0.05) is 6.54 Å². The maximum Gasteiger partial charge on any atom is 0.305 e. The highest BCUT2D eigenvalue weighted by Gasteiger charge is 2.25. The Kier molecular flexibility index (Phi) is 6.64. The van der Waals surface area contributed by atoms with Crippen molar-refractivity contribution < 1.29 is 29.3 Å². The van der Waals surface area contributed by atoms with E-state index in [0.717, 1.165) is 0 Å². The van der Waals surface area contributed by atoms with Crippen LogP contribution in [0.4, 0.5) is 0 Å². The Morgan fingerprint density at radius 1 is 1.29 bits per heavy atom. The zero-order valence-corrected chi connectivity index (χ0v) is 12.0. The van der Waals surface area contributed by atoms with Crippen LogP contribution in [0.2, 0.25) is 0 Å². The molecular formula is C14H19NO6. The van der Waals surface area contributed by atoms with E-state index in [2.05, 4.69) is 5.32 Å². The van der Waals surface area contributed by atoms with E-state index in [0.29, 0.717) is 11.5 Å². The zero-order valence-electron chi connectivity index (χ0n) is 12.0. The van der Waals surface area contributed by atoms with Crippen LogP contribution in [0.25, 0.3) is 0 Å². The number of carboxylic acid groups (broad SMARTS) is 1. The van der Waals surface area contributed by atoms with Gasteiger partial charge in [-0.25, -0.2) is 0 Å². The van der Waals surface area contributed by atoms with Gasteiger partial charge in [0.2, 0.25) is 0 Å². The minimum absolute atomic E-state index is 0.121. The maximum atomic E-state index is 12.5. The zero-order chi connectivity index (χ0) is 15.8. The highest BCUT2D eigenvalue weighted by molar-refractivity contribution is 6.04. The highest BCUT2D eigenvalue weighted by atomic mass is 16.5. The Bertz CT molecular complexity index is 502. The van der Waals surface area contributed by atoms with E-state index in [9.17, 15) is 9.59 Å². The van der Waals surface area contributed by atoms with Gasteiger partial charge in [-0.3, -0.25) is 9.59 Å². The first kappa shape index (κ1) is 16.9. The number of aliphatic carboxylic acids is 1. The van der Waals surface area contributed by atoms with E-state index in [1.807, 2.05) is 0 Å². The lowest BCUT2D eigenvalue weighted by atomic mass is 10.00. The highest BCUT2D eigenvalue weighted by Crippen LogP contribution is 2.25. The average Bonchev–Trinajstić information content (AvgIpc) is 2.49. The molecule has 0 bridgehead atoms. The summed E-state index contributed by atoms with van der Waals surface area (Å²) in [5, 5.41) is 20.4. The maximum absolute atomic E-state index is 12.5. The first-order valence-electron chi connectivity index (χ1n) is 6.35. The van der Waals surface area contributed by atoms with Crippen LogP contribution in [-0.4, -0.2) is 55.4 Å². The van der Waals surface area contributed by atoms with Gasteiger partial charge in [0.05, 0.1) is 38.9 Å². The smallest absolute Gasteiger partial charge is 0.305 e. The number of nitrogens with one attached hydrogen (secondary N) is 1. The van der Waals surface area contributed by atoms with E-state index in [1.165, 1.54) is 20.3 Å². The summed E-state index contributed by atoms with van der Waals surface area (Å²) in [6, 6.07) is 3.77. The van der Waals surface area contributed by atoms with Crippen LogP contribution in [0.15, 0.2) is 18.2 Å². The number of carboxylic acids is 1. The van der Waals surface area contributed by atoms with Crippen LogP contribution < -0.4 is 14.8 Å². The predicted octanol–water partition coefficient (Wildman–Crippen LogP) is 0.312. The van der Waals surface area contributed by atoms with E-state index in [4.69, 9.17) is 19.7 Å². The number of methoxy groups -OCH3 is 2. The number of carbonyl (C=O) groups is 2. The summed E-state index contributed by atoms with van der Waals surface area (Å²) < 4.78 is 10.2. The minimum Gasteiger partial charge on any atom is -0.497 e. The standard InChI is InChI=1S/C14H19NO6/c1-20-9-3-4-12(21-2)10(7-9)14(19)11(8-13(17)18)15-5-6-16/h3-4,7,11,15-16H,5-6,8H2,1-2H3,(H,17,18). The number of ether oxygens (including phenoxy) is 2. The van der Waals surface area contributed by atoms with Gasteiger partial charge in [-0.2, -0.15) is 0 Å². The van der Waals surface area contributed by atoms with Crippen molar-refractivity contribution in [3.05, 3.63) is 23.8 Å². The number of carbonyl (C=O) groups excluding carboxylic acids is 1. The molecule has 7 heteroatoms. The number of aliphatic hydroxyl groups excluding tert-OH is 1. The summed E-state index contributed by atoms with van der Waals surface area (Å²) in [5.74, 6) is -0.736. The molecule has 0 fully saturated rings. The van der Waals surface area contributed by atoms with Gasteiger partial charge in [-0.1, -0.05) is 0 Å². The number of hydrogen-bond donors (Lipinski definition) is 3. The second kappa shape index (κ2) is 8.23. The molecule has 0 spiro atoms. The summed E-state index contributed by atoms with van der Waals surface area (Å²) in [7, 11) is 2.89. The molecule has 1 aromatic rings. The van der Waals surface area contributed by atoms with Crippen LogP contribution >= 0.6 is 0 Å².